The molecule has 8 atom stereocenters. The standard InChI is InChI=1S/C51H82O20S/c1-17-45(2,3)39(57)70-25-32(71-37(55)34-21-19-18-20-33(34)36(53)54)24-69-35(52)22-23-72-31-51(10,44(62)68-16)30-50(9,43(61)67-15)29-49(8,42(60)66-14)28-48(7,41(59)65-13)27-47(6,40(58)64-12)26-46(4,5)38(56)63-11/h32-34H,17-31H2,1-16H3,(H,53,54). The minimum absolute atomic E-state index is 0.0304. The van der Waals surface area contributed by atoms with Gasteiger partial charge in [0.05, 0.1) is 98.8 Å². The number of methoxy groups -OCH3 is 6. The van der Waals surface area contributed by atoms with Crippen molar-refractivity contribution >= 4 is 71.5 Å². The number of carbonyl (C=O) groups is 10. The van der Waals surface area contributed by atoms with Crippen LogP contribution in [0.1, 0.15) is 140 Å². The van der Waals surface area contributed by atoms with Crippen LogP contribution in [0.4, 0.5) is 0 Å². The maximum absolute atomic E-state index is 14.0. The van der Waals surface area contributed by atoms with Gasteiger partial charge in [0.2, 0.25) is 0 Å². The predicted molar refractivity (Wildman–Crippen MR) is 260 cm³/mol. The molecule has 0 amide bonds. The Morgan fingerprint density at radius 1 is 0.500 bits per heavy atom. The summed E-state index contributed by atoms with van der Waals surface area (Å²) in [6.07, 6.45) is -0.605. The van der Waals surface area contributed by atoms with Gasteiger partial charge in [-0.2, -0.15) is 11.8 Å². The number of thioether (sulfide) groups is 1. The first-order valence-electron chi connectivity index (χ1n) is 24.0. The van der Waals surface area contributed by atoms with Crippen LogP contribution in [0.15, 0.2) is 0 Å². The van der Waals surface area contributed by atoms with Crippen LogP contribution >= 0.6 is 11.8 Å². The fourth-order valence-electron chi connectivity index (χ4n) is 10.3. The molecule has 1 aliphatic carbocycles. The minimum atomic E-state index is -1.73. The van der Waals surface area contributed by atoms with Crippen molar-refractivity contribution in [3.63, 3.8) is 0 Å². The number of hydrogen-bond acceptors (Lipinski definition) is 20. The van der Waals surface area contributed by atoms with Crippen LogP contribution in [0, 0.1) is 49.7 Å². The van der Waals surface area contributed by atoms with Crippen LogP contribution in [-0.2, 0) is 90.6 Å². The summed E-state index contributed by atoms with van der Waals surface area (Å²) in [5, 5.41) is 9.73. The van der Waals surface area contributed by atoms with Gasteiger partial charge in [-0.25, -0.2) is 0 Å². The first-order chi connectivity index (χ1) is 33.2. The molecule has 21 heteroatoms. The largest absolute Gasteiger partial charge is 0.481 e. The van der Waals surface area contributed by atoms with Crippen molar-refractivity contribution < 1.29 is 95.7 Å². The number of rotatable bonds is 30. The summed E-state index contributed by atoms with van der Waals surface area (Å²) >= 11 is 1.15. The molecule has 20 nitrogen and oxygen atoms in total. The molecule has 0 aromatic carbocycles. The Balaban J connectivity index is 3.49. The summed E-state index contributed by atoms with van der Waals surface area (Å²) in [5.41, 5.74) is -10.2. The van der Waals surface area contributed by atoms with Gasteiger partial charge in [0, 0.05) is 11.5 Å². The molecular formula is C51H82O20S. The van der Waals surface area contributed by atoms with Gasteiger partial charge in [-0.15, -0.1) is 0 Å². The van der Waals surface area contributed by atoms with Crippen LogP contribution in [-0.4, -0.2) is 138 Å². The molecule has 412 valence electrons. The normalized spacial score (nSPS) is 19.6. The number of esters is 9. The van der Waals surface area contributed by atoms with Gasteiger partial charge in [0.25, 0.3) is 0 Å². The van der Waals surface area contributed by atoms with Gasteiger partial charge in [0.1, 0.15) is 13.2 Å². The molecule has 0 saturated heterocycles. The van der Waals surface area contributed by atoms with Gasteiger partial charge in [-0.3, -0.25) is 47.9 Å². The zero-order chi connectivity index (χ0) is 55.7. The molecule has 72 heavy (non-hydrogen) atoms. The Morgan fingerprint density at radius 2 is 0.875 bits per heavy atom. The number of carboxylic acid groups (broad SMARTS) is 1. The highest BCUT2D eigenvalue weighted by Crippen LogP contribution is 2.53. The summed E-state index contributed by atoms with van der Waals surface area (Å²) < 4.78 is 47.8. The molecule has 0 heterocycles. The fourth-order valence-corrected chi connectivity index (χ4v) is 11.4. The summed E-state index contributed by atoms with van der Waals surface area (Å²) in [4.78, 5) is 133. The maximum atomic E-state index is 14.0. The van der Waals surface area contributed by atoms with E-state index in [4.69, 9.17) is 42.6 Å². The van der Waals surface area contributed by atoms with Crippen LogP contribution in [0.25, 0.3) is 0 Å². The number of ether oxygens (including phenoxy) is 9. The Kier molecular flexibility index (Phi) is 24.7. The number of hydrogen-bond donors (Lipinski definition) is 1. The SMILES string of the molecule is CCC(C)(C)C(=O)OCC(COC(=O)CCSCC(C)(CC(C)(CC(C)(CC(C)(CC(C)(CC(C)(C)C(=O)OC)C(=O)OC)C(=O)OC)C(=O)OC)C(=O)OC)C(=O)OC)OC(=O)C1CCCCC1C(=O)O. The van der Waals surface area contributed by atoms with Crippen LogP contribution in [0.5, 0.6) is 0 Å². The molecule has 0 aromatic rings. The Hall–Kier alpha value is -4.95. The van der Waals surface area contributed by atoms with Gasteiger partial charge in [-0.05, 0) is 114 Å². The summed E-state index contributed by atoms with van der Waals surface area (Å²) in [6, 6.07) is 0. The van der Waals surface area contributed by atoms with Gasteiger partial charge >= 0.3 is 59.7 Å². The highest BCUT2D eigenvalue weighted by atomic mass is 32.2. The monoisotopic (exact) mass is 1050 g/mol. The van der Waals surface area contributed by atoms with Crippen molar-refractivity contribution in [1.82, 2.24) is 0 Å². The molecule has 1 saturated carbocycles. The van der Waals surface area contributed by atoms with Crippen molar-refractivity contribution in [3.8, 4) is 0 Å². The van der Waals surface area contributed by atoms with Crippen LogP contribution in [0.2, 0.25) is 0 Å². The third kappa shape index (κ3) is 17.6. The quantitative estimate of drug-likeness (QED) is 0.0458. The average molecular weight is 1050 g/mol. The zero-order valence-corrected chi connectivity index (χ0v) is 46.3. The highest BCUT2D eigenvalue weighted by Gasteiger charge is 2.57. The summed E-state index contributed by atoms with van der Waals surface area (Å²) in [7, 11) is 6.95. The van der Waals surface area contributed by atoms with E-state index in [1.165, 1.54) is 34.8 Å². The van der Waals surface area contributed by atoms with E-state index in [0.717, 1.165) is 47.3 Å². The van der Waals surface area contributed by atoms with E-state index >= 15 is 0 Å². The smallest absolute Gasteiger partial charge is 0.312 e. The molecule has 0 aliphatic heterocycles. The third-order valence-electron chi connectivity index (χ3n) is 13.9. The molecule has 0 radical (unpaired) electrons. The Labute approximate surface area is 429 Å². The lowest BCUT2D eigenvalue weighted by Gasteiger charge is -2.45. The number of carbonyl (C=O) groups excluding carboxylic acids is 9. The Bertz CT molecular complexity index is 1950. The summed E-state index contributed by atoms with van der Waals surface area (Å²) in [6.45, 7) is 14.9. The molecule has 1 fully saturated rings. The second-order valence-corrected chi connectivity index (χ2v) is 22.8. The molecule has 1 aliphatic rings. The zero-order valence-electron chi connectivity index (χ0n) is 45.5. The van der Waals surface area contributed by atoms with E-state index in [1.807, 2.05) is 0 Å². The van der Waals surface area contributed by atoms with Gasteiger partial charge < -0.3 is 47.7 Å². The fraction of sp³-hybridized carbons (Fsp3) is 0.804. The topological polar surface area (TPSA) is 274 Å². The number of carboxylic acids is 1. The lowest BCUT2D eigenvalue weighted by atomic mass is 9.58. The van der Waals surface area contributed by atoms with Crippen molar-refractivity contribution in [1.29, 1.82) is 0 Å². The third-order valence-corrected chi connectivity index (χ3v) is 15.2. The van der Waals surface area contributed by atoms with Crippen molar-refractivity contribution in [2.75, 3.05) is 67.4 Å². The summed E-state index contributed by atoms with van der Waals surface area (Å²) in [5.74, 6) is -9.64. The molecule has 8 unspecified atom stereocenters. The highest BCUT2D eigenvalue weighted by molar-refractivity contribution is 7.99. The van der Waals surface area contributed by atoms with E-state index in [9.17, 15) is 53.1 Å². The van der Waals surface area contributed by atoms with Gasteiger partial charge in [0.15, 0.2) is 6.10 Å². The average Bonchev–Trinajstić information content (AvgIpc) is 3.33. The Morgan fingerprint density at radius 3 is 1.28 bits per heavy atom. The van der Waals surface area contributed by atoms with Gasteiger partial charge in [-0.1, -0.05) is 19.8 Å². The van der Waals surface area contributed by atoms with Crippen molar-refractivity contribution in [2.45, 2.75) is 146 Å². The maximum Gasteiger partial charge on any atom is 0.312 e. The van der Waals surface area contributed by atoms with E-state index in [2.05, 4.69) is 0 Å². The van der Waals surface area contributed by atoms with Crippen LogP contribution < -0.4 is 0 Å². The van der Waals surface area contributed by atoms with E-state index in [-0.39, 0.29) is 50.0 Å². The van der Waals surface area contributed by atoms with E-state index < -0.39 is 129 Å². The molecule has 0 bridgehead atoms. The van der Waals surface area contributed by atoms with Crippen molar-refractivity contribution in [3.05, 3.63) is 0 Å². The van der Waals surface area contributed by atoms with Crippen LogP contribution in [0.3, 0.4) is 0 Å². The van der Waals surface area contributed by atoms with E-state index in [0.29, 0.717) is 32.1 Å². The second-order valence-electron chi connectivity index (χ2n) is 21.7. The minimum Gasteiger partial charge on any atom is -0.481 e. The first kappa shape index (κ1) is 65.1. The first-order valence-corrected chi connectivity index (χ1v) is 25.2. The molecule has 1 N–H and O–H groups in total. The van der Waals surface area contributed by atoms with E-state index in [1.54, 1.807) is 41.5 Å². The lowest BCUT2D eigenvalue weighted by molar-refractivity contribution is -0.176. The van der Waals surface area contributed by atoms with Crippen molar-refractivity contribution in [2.24, 2.45) is 49.7 Å². The lowest BCUT2D eigenvalue weighted by Crippen LogP contribution is -2.49. The number of aliphatic carboxylic acids is 1. The molecule has 0 spiro atoms. The molecule has 0 aromatic heterocycles. The predicted octanol–water partition coefficient (Wildman–Crippen LogP) is 6.48. The second kappa shape index (κ2) is 27.4. The molecular weight excluding hydrogens is 965 g/mol. The molecule has 1 rings (SSSR count).